The summed E-state index contributed by atoms with van der Waals surface area (Å²) in [6.45, 7) is 0. The highest BCUT2D eigenvalue weighted by Gasteiger charge is 2.28. The summed E-state index contributed by atoms with van der Waals surface area (Å²) in [5.41, 5.74) is 0.567. The number of ether oxygens (including phenoxy) is 2. The molecular weight excluding hydrogens is 465 g/mol. The van der Waals surface area contributed by atoms with E-state index in [9.17, 15) is 12.8 Å². The molecule has 1 heterocycles. The van der Waals surface area contributed by atoms with Crippen LogP contribution < -0.4 is 14.2 Å². The van der Waals surface area contributed by atoms with Gasteiger partial charge in [0.1, 0.15) is 29.2 Å². The Labute approximate surface area is 176 Å². The Kier molecular flexibility index (Phi) is 6.25. The van der Waals surface area contributed by atoms with Crippen LogP contribution in [0.15, 0.2) is 58.2 Å². The molecule has 29 heavy (non-hydrogen) atoms. The molecule has 3 rings (SSSR count). The van der Waals surface area contributed by atoms with E-state index >= 15 is 0 Å². The zero-order chi connectivity index (χ0) is 21.2. The predicted molar refractivity (Wildman–Crippen MR) is 109 cm³/mol. The second-order valence-corrected chi connectivity index (χ2v) is 8.71. The molecule has 154 valence electrons. The van der Waals surface area contributed by atoms with E-state index in [0.717, 1.165) is 12.1 Å². The smallest absolute Gasteiger partial charge is 0.242 e. The van der Waals surface area contributed by atoms with E-state index < -0.39 is 21.9 Å². The summed E-state index contributed by atoms with van der Waals surface area (Å²) < 4.78 is 54.7. The van der Waals surface area contributed by atoms with Crippen LogP contribution in [0.25, 0.3) is 0 Å². The highest BCUT2D eigenvalue weighted by atomic mass is 79.9. The van der Waals surface area contributed by atoms with Crippen LogP contribution in [0.5, 0.6) is 11.5 Å². The largest absolute Gasteiger partial charge is 0.497 e. The lowest BCUT2D eigenvalue weighted by molar-refractivity contribution is 0.392. The monoisotopic (exact) mass is 483 g/mol. The lowest BCUT2D eigenvalue weighted by Crippen LogP contribution is -2.31. The van der Waals surface area contributed by atoms with Crippen LogP contribution in [-0.4, -0.2) is 32.2 Å². The lowest BCUT2D eigenvalue weighted by atomic mass is 10.1. The van der Waals surface area contributed by atoms with Crippen LogP contribution in [0.3, 0.4) is 0 Å². The molecule has 10 heteroatoms. The quantitative estimate of drug-likeness (QED) is 0.556. The molecule has 0 aliphatic rings. The molecule has 0 bridgehead atoms. The third kappa shape index (κ3) is 4.60. The van der Waals surface area contributed by atoms with Gasteiger partial charge in [-0.1, -0.05) is 0 Å². The molecule has 1 N–H and O–H groups in total. The molecule has 0 saturated heterocycles. The van der Waals surface area contributed by atoms with Gasteiger partial charge in [0.15, 0.2) is 0 Å². The number of rotatable bonds is 7. The number of methoxy groups -OCH3 is 2. The van der Waals surface area contributed by atoms with E-state index in [2.05, 4.69) is 25.6 Å². The Morgan fingerprint density at radius 1 is 1.14 bits per heavy atom. The minimum absolute atomic E-state index is 0.0898. The van der Waals surface area contributed by atoms with Crippen LogP contribution in [0.2, 0.25) is 0 Å². The fraction of sp³-hybridized carbons (Fsp3) is 0.211. The minimum Gasteiger partial charge on any atom is -0.497 e. The van der Waals surface area contributed by atoms with Crippen LogP contribution in [0.1, 0.15) is 17.4 Å². The lowest BCUT2D eigenvalue weighted by Gasteiger charge is -2.21. The minimum atomic E-state index is -4.04. The van der Waals surface area contributed by atoms with Crippen molar-refractivity contribution in [1.29, 1.82) is 0 Å². The summed E-state index contributed by atoms with van der Waals surface area (Å²) in [5.74, 6) is 0.914. The number of nitrogens with one attached hydrogen (secondary N) is 1. The van der Waals surface area contributed by atoms with Crippen molar-refractivity contribution in [3.8, 4) is 11.5 Å². The molecular formula is C19H19BrFN3O4S. The zero-order valence-electron chi connectivity index (χ0n) is 15.9. The third-order valence-electron chi connectivity index (χ3n) is 4.28. The predicted octanol–water partition coefficient (Wildman–Crippen LogP) is 3.41. The van der Waals surface area contributed by atoms with Crippen molar-refractivity contribution in [2.75, 3.05) is 14.2 Å². The normalized spacial score (nSPS) is 12.6. The first kappa shape index (κ1) is 21.3. The van der Waals surface area contributed by atoms with Gasteiger partial charge in [0, 0.05) is 30.0 Å². The molecule has 1 atom stereocenters. The molecule has 0 radical (unpaired) electrons. The Bertz CT molecular complexity index is 1110. The fourth-order valence-corrected chi connectivity index (χ4v) is 5.06. The summed E-state index contributed by atoms with van der Waals surface area (Å²) >= 11 is 3.12. The molecule has 0 aliphatic carbocycles. The molecule has 1 unspecified atom stereocenters. The fourth-order valence-electron chi connectivity index (χ4n) is 2.83. The number of aryl methyl sites for hydroxylation is 1. The Morgan fingerprint density at radius 2 is 1.79 bits per heavy atom. The van der Waals surface area contributed by atoms with E-state index in [4.69, 9.17) is 9.47 Å². The highest BCUT2D eigenvalue weighted by Crippen LogP contribution is 2.31. The molecule has 0 saturated carbocycles. The molecule has 7 nitrogen and oxygen atoms in total. The summed E-state index contributed by atoms with van der Waals surface area (Å²) in [5, 5.41) is 0. The summed E-state index contributed by atoms with van der Waals surface area (Å²) in [6.07, 6.45) is 3.28. The van der Waals surface area contributed by atoms with Gasteiger partial charge in [0.2, 0.25) is 10.0 Å². The van der Waals surface area contributed by atoms with Crippen LogP contribution in [0.4, 0.5) is 4.39 Å². The van der Waals surface area contributed by atoms with E-state index in [1.165, 1.54) is 20.3 Å². The average Bonchev–Trinajstić information content (AvgIpc) is 3.11. The van der Waals surface area contributed by atoms with Gasteiger partial charge in [0.25, 0.3) is 0 Å². The number of hydrogen-bond donors (Lipinski definition) is 1. The molecule has 0 amide bonds. The van der Waals surface area contributed by atoms with Crippen molar-refractivity contribution in [2.45, 2.75) is 10.9 Å². The Hall–Kier alpha value is -2.43. The first-order chi connectivity index (χ1) is 13.7. The number of imidazole rings is 1. The number of nitrogens with zero attached hydrogens (tertiary/aromatic N) is 2. The average molecular weight is 484 g/mol. The zero-order valence-corrected chi connectivity index (χ0v) is 18.3. The maximum absolute atomic E-state index is 13.4. The van der Waals surface area contributed by atoms with Gasteiger partial charge in [-0.05, 0) is 51.8 Å². The molecule has 2 aromatic carbocycles. The van der Waals surface area contributed by atoms with Crippen molar-refractivity contribution < 1.29 is 22.3 Å². The standard InChI is InChI=1S/C19H19BrFN3O4S/c1-24-7-6-22-19(24)18(12-8-14(27-2)11-15(9-12)28-3)23-29(25,26)17-5-4-13(21)10-16(17)20/h4-11,18,23H,1-3H3. The van der Waals surface area contributed by atoms with Gasteiger partial charge in [-0.3, -0.25) is 0 Å². The van der Waals surface area contributed by atoms with Crippen molar-refractivity contribution in [1.82, 2.24) is 14.3 Å². The Morgan fingerprint density at radius 3 is 2.31 bits per heavy atom. The first-order valence-corrected chi connectivity index (χ1v) is 10.7. The molecule has 1 aromatic heterocycles. The number of halogens is 2. The topological polar surface area (TPSA) is 82.4 Å². The molecule has 0 aliphatic heterocycles. The Balaban J connectivity index is 2.12. The second kappa shape index (κ2) is 8.52. The van der Waals surface area contributed by atoms with Crippen LogP contribution in [-0.2, 0) is 17.1 Å². The number of aromatic nitrogens is 2. The SMILES string of the molecule is COc1cc(OC)cc(C(NS(=O)(=O)c2ccc(F)cc2Br)c2nccn2C)c1. The second-order valence-electron chi connectivity index (χ2n) is 6.17. The maximum Gasteiger partial charge on any atom is 0.242 e. The molecule has 0 spiro atoms. The maximum atomic E-state index is 13.4. The van der Waals surface area contributed by atoms with Crippen LogP contribution in [0, 0.1) is 5.82 Å². The van der Waals surface area contributed by atoms with Crippen molar-refractivity contribution in [3.05, 3.63) is 70.5 Å². The highest BCUT2D eigenvalue weighted by molar-refractivity contribution is 9.10. The van der Waals surface area contributed by atoms with E-state index in [-0.39, 0.29) is 9.37 Å². The van der Waals surface area contributed by atoms with Crippen molar-refractivity contribution in [2.24, 2.45) is 7.05 Å². The van der Waals surface area contributed by atoms with Gasteiger partial charge in [0.05, 0.1) is 19.1 Å². The number of hydrogen-bond acceptors (Lipinski definition) is 5. The van der Waals surface area contributed by atoms with E-state index in [0.29, 0.717) is 22.9 Å². The van der Waals surface area contributed by atoms with Gasteiger partial charge < -0.3 is 14.0 Å². The molecule has 0 fully saturated rings. The summed E-state index contributed by atoms with van der Waals surface area (Å²) in [4.78, 5) is 4.21. The van der Waals surface area contributed by atoms with Gasteiger partial charge in [-0.15, -0.1) is 0 Å². The van der Waals surface area contributed by atoms with Gasteiger partial charge >= 0.3 is 0 Å². The van der Waals surface area contributed by atoms with Crippen molar-refractivity contribution in [3.63, 3.8) is 0 Å². The van der Waals surface area contributed by atoms with E-state index in [1.807, 2.05) is 0 Å². The van der Waals surface area contributed by atoms with Crippen molar-refractivity contribution >= 4 is 26.0 Å². The number of sulfonamides is 1. The number of benzene rings is 2. The summed E-state index contributed by atoms with van der Waals surface area (Å²) in [7, 11) is 0.739. The van der Waals surface area contributed by atoms with Gasteiger partial charge in [-0.2, -0.15) is 4.72 Å². The van der Waals surface area contributed by atoms with Crippen LogP contribution >= 0.6 is 15.9 Å². The van der Waals surface area contributed by atoms with E-state index in [1.54, 1.807) is 42.2 Å². The summed E-state index contributed by atoms with van der Waals surface area (Å²) in [6, 6.07) is 7.62. The van der Waals surface area contributed by atoms with Gasteiger partial charge in [-0.25, -0.2) is 17.8 Å². The first-order valence-electron chi connectivity index (χ1n) is 8.42. The third-order valence-corrected chi connectivity index (χ3v) is 6.68. The molecule has 3 aromatic rings.